The van der Waals surface area contributed by atoms with Crippen LogP contribution in [0, 0.1) is 17.2 Å². The second kappa shape index (κ2) is 3.73. The highest BCUT2D eigenvalue weighted by atomic mass is 17.4. The molecule has 1 rings (SSSR count). The lowest BCUT2D eigenvalue weighted by Crippen LogP contribution is -2.28. The number of esters is 1. The van der Waals surface area contributed by atoms with E-state index in [0.29, 0.717) is 0 Å². The van der Waals surface area contributed by atoms with Crippen LogP contribution in [0.4, 0.5) is 0 Å². The molecule has 0 radical (unpaired) electrons. The van der Waals surface area contributed by atoms with Crippen LogP contribution in [0.2, 0.25) is 0 Å². The van der Waals surface area contributed by atoms with Gasteiger partial charge in [-0.05, 0) is 13.8 Å². The van der Waals surface area contributed by atoms with Gasteiger partial charge in [0.25, 0.3) is 0 Å². The summed E-state index contributed by atoms with van der Waals surface area (Å²) in [4.78, 5) is 20.3. The Morgan fingerprint density at radius 2 is 2.31 bits per heavy atom. The van der Waals surface area contributed by atoms with Crippen LogP contribution in [-0.2, 0) is 19.3 Å². The van der Waals surface area contributed by atoms with Gasteiger partial charge in [0.1, 0.15) is 0 Å². The van der Waals surface area contributed by atoms with Gasteiger partial charge in [0.05, 0.1) is 12.7 Å². The zero-order valence-corrected chi connectivity index (χ0v) is 7.57. The van der Waals surface area contributed by atoms with Crippen molar-refractivity contribution >= 4 is 5.97 Å². The molecule has 0 spiro atoms. The third-order valence-corrected chi connectivity index (χ3v) is 1.67. The molecular formula is C8H11NO4. The normalized spacial score (nSPS) is 20.1. The van der Waals surface area contributed by atoms with E-state index in [9.17, 15) is 4.79 Å². The van der Waals surface area contributed by atoms with Gasteiger partial charge in [0.15, 0.2) is 0 Å². The molecule has 0 aromatic heterocycles. The van der Waals surface area contributed by atoms with E-state index in [4.69, 9.17) is 10.00 Å². The Balaban J connectivity index is 2.48. The lowest BCUT2D eigenvalue weighted by atomic mass is 10.0. The predicted octanol–water partition coefficient (Wildman–Crippen LogP) is 0.757. The fraction of sp³-hybridized carbons (Fsp3) is 0.750. The van der Waals surface area contributed by atoms with Crippen LogP contribution in [-0.4, -0.2) is 18.4 Å². The van der Waals surface area contributed by atoms with Crippen molar-refractivity contribution in [1.82, 2.24) is 0 Å². The highest BCUT2D eigenvalue weighted by molar-refractivity contribution is 5.79. The summed E-state index contributed by atoms with van der Waals surface area (Å²) in [6.45, 7) is 3.65. The minimum atomic E-state index is -1.30. The third kappa shape index (κ3) is 2.17. The van der Waals surface area contributed by atoms with Crippen molar-refractivity contribution in [3.05, 3.63) is 0 Å². The first-order valence-electron chi connectivity index (χ1n) is 4.08. The first kappa shape index (κ1) is 9.96. The number of nitriles is 1. The summed E-state index contributed by atoms with van der Waals surface area (Å²) < 4.78 is 4.72. The molecule has 0 aromatic rings. The van der Waals surface area contributed by atoms with Gasteiger partial charge in [-0.15, -0.1) is 0 Å². The second-order valence-corrected chi connectivity index (χ2v) is 2.87. The van der Waals surface area contributed by atoms with Crippen molar-refractivity contribution in [2.24, 2.45) is 5.92 Å². The molecule has 0 amide bonds. The van der Waals surface area contributed by atoms with E-state index in [1.54, 1.807) is 13.8 Å². The van der Waals surface area contributed by atoms with Gasteiger partial charge in [0, 0.05) is 12.3 Å². The molecule has 0 aromatic carbocycles. The summed E-state index contributed by atoms with van der Waals surface area (Å²) in [5.74, 6) is -2.16. The van der Waals surface area contributed by atoms with Crippen LogP contribution < -0.4 is 0 Å². The number of carbonyl (C=O) groups excluding carboxylic acids is 1. The summed E-state index contributed by atoms with van der Waals surface area (Å²) in [6, 6.07) is 1.99. The Morgan fingerprint density at radius 3 is 2.69 bits per heavy atom. The van der Waals surface area contributed by atoms with E-state index in [0.717, 1.165) is 0 Å². The van der Waals surface area contributed by atoms with E-state index in [1.165, 1.54) is 0 Å². The summed E-state index contributed by atoms with van der Waals surface area (Å²) in [5, 5.41) is 8.52. The quantitative estimate of drug-likeness (QED) is 0.367. The number of hydrogen-bond acceptors (Lipinski definition) is 5. The molecule has 5 heteroatoms. The topological polar surface area (TPSA) is 75.2 Å². The third-order valence-electron chi connectivity index (χ3n) is 1.67. The average molecular weight is 185 g/mol. The van der Waals surface area contributed by atoms with E-state index >= 15 is 0 Å². The van der Waals surface area contributed by atoms with Gasteiger partial charge >= 0.3 is 11.8 Å². The fourth-order valence-electron chi connectivity index (χ4n) is 0.959. The molecule has 1 heterocycles. The highest BCUT2D eigenvalue weighted by Crippen LogP contribution is 2.37. The minimum absolute atomic E-state index is 0.211. The Labute approximate surface area is 76.1 Å². The maximum atomic E-state index is 11.2. The molecule has 1 saturated heterocycles. The fourth-order valence-corrected chi connectivity index (χ4v) is 0.959. The van der Waals surface area contributed by atoms with Crippen molar-refractivity contribution in [2.45, 2.75) is 26.1 Å². The SMILES string of the molecule is CCOC(=O)C1(CC(C)C#N)OO1. The molecule has 5 nitrogen and oxygen atoms in total. The summed E-state index contributed by atoms with van der Waals surface area (Å²) >= 11 is 0. The van der Waals surface area contributed by atoms with Gasteiger partial charge in [0.2, 0.25) is 0 Å². The standard InChI is InChI=1S/C8H11NO4/c1-3-11-7(10)8(12-13-8)4-6(2)5-9/h6H,3-4H2,1-2H3. The molecule has 72 valence electrons. The van der Waals surface area contributed by atoms with Crippen LogP contribution in [0.15, 0.2) is 0 Å². The van der Waals surface area contributed by atoms with Crippen molar-refractivity contribution in [2.75, 3.05) is 6.61 Å². The summed E-state index contributed by atoms with van der Waals surface area (Å²) in [6.07, 6.45) is 0.211. The van der Waals surface area contributed by atoms with E-state index in [-0.39, 0.29) is 18.9 Å². The molecule has 1 unspecified atom stereocenters. The number of hydrogen-bond donors (Lipinski definition) is 0. The first-order valence-corrected chi connectivity index (χ1v) is 4.08. The van der Waals surface area contributed by atoms with Gasteiger partial charge in [-0.1, -0.05) is 0 Å². The Morgan fingerprint density at radius 1 is 1.69 bits per heavy atom. The maximum absolute atomic E-state index is 11.2. The average Bonchev–Trinajstić information content (AvgIpc) is 2.86. The largest absolute Gasteiger partial charge is 0.462 e. The molecule has 1 aliphatic rings. The Kier molecular flexibility index (Phi) is 2.86. The highest BCUT2D eigenvalue weighted by Gasteiger charge is 2.59. The minimum Gasteiger partial charge on any atom is -0.462 e. The summed E-state index contributed by atoms with van der Waals surface area (Å²) in [7, 11) is 0. The van der Waals surface area contributed by atoms with Crippen LogP contribution in [0.3, 0.4) is 0 Å². The lowest BCUT2D eigenvalue weighted by Gasteiger charge is -2.06. The lowest BCUT2D eigenvalue weighted by molar-refractivity contribution is -0.151. The molecule has 0 aliphatic carbocycles. The molecule has 0 saturated carbocycles. The van der Waals surface area contributed by atoms with E-state index in [1.807, 2.05) is 6.07 Å². The van der Waals surface area contributed by atoms with Crippen LogP contribution in [0.5, 0.6) is 0 Å². The van der Waals surface area contributed by atoms with Crippen molar-refractivity contribution in [3.8, 4) is 6.07 Å². The van der Waals surface area contributed by atoms with Crippen molar-refractivity contribution in [3.63, 3.8) is 0 Å². The molecule has 1 aliphatic heterocycles. The van der Waals surface area contributed by atoms with Gasteiger partial charge in [-0.3, -0.25) is 0 Å². The molecule has 0 bridgehead atoms. The number of ether oxygens (including phenoxy) is 1. The zero-order valence-electron chi connectivity index (χ0n) is 7.57. The molecule has 0 N–H and O–H groups in total. The van der Waals surface area contributed by atoms with E-state index < -0.39 is 11.8 Å². The second-order valence-electron chi connectivity index (χ2n) is 2.87. The van der Waals surface area contributed by atoms with Gasteiger partial charge in [-0.25, -0.2) is 4.79 Å². The molecule has 1 atom stereocenters. The Bertz CT molecular complexity index is 241. The summed E-state index contributed by atoms with van der Waals surface area (Å²) in [5.41, 5.74) is 0. The molecule has 1 fully saturated rings. The zero-order chi connectivity index (χ0) is 9.90. The van der Waals surface area contributed by atoms with Gasteiger partial charge < -0.3 is 4.74 Å². The van der Waals surface area contributed by atoms with Gasteiger partial charge in [-0.2, -0.15) is 15.0 Å². The molecule has 13 heavy (non-hydrogen) atoms. The maximum Gasteiger partial charge on any atom is 0.372 e. The predicted molar refractivity (Wildman–Crippen MR) is 40.9 cm³/mol. The Hall–Kier alpha value is -1.12. The first-order chi connectivity index (χ1) is 6.14. The van der Waals surface area contributed by atoms with Crippen LogP contribution >= 0.6 is 0 Å². The molecular weight excluding hydrogens is 174 g/mol. The number of nitrogens with zero attached hydrogens (tertiary/aromatic N) is 1. The monoisotopic (exact) mass is 185 g/mol. The number of carbonyl (C=O) groups is 1. The number of rotatable bonds is 4. The van der Waals surface area contributed by atoms with Crippen LogP contribution in [0.25, 0.3) is 0 Å². The van der Waals surface area contributed by atoms with Crippen molar-refractivity contribution in [1.29, 1.82) is 5.26 Å². The smallest absolute Gasteiger partial charge is 0.372 e. The van der Waals surface area contributed by atoms with E-state index in [2.05, 4.69) is 9.78 Å². The van der Waals surface area contributed by atoms with Crippen molar-refractivity contribution < 1.29 is 19.3 Å². The van der Waals surface area contributed by atoms with Crippen LogP contribution in [0.1, 0.15) is 20.3 Å².